The van der Waals surface area contributed by atoms with Gasteiger partial charge in [0.25, 0.3) is 0 Å². The molecule has 3 N–H and O–H groups in total. The molecule has 0 unspecified atom stereocenters. The SMILES string of the molecule is CN(C)C1(CN(C)S(=O)(=O)c2ccc(NN)nc2)CCC1. The highest BCUT2D eigenvalue weighted by atomic mass is 32.2. The molecule has 0 saturated heterocycles. The molecule has 1 aromatic rings. The van der Waals surface area contributed by atoms with Crippen LogP contribution in [-0.4, -0.2) is 55.8 Å². The van der Waals surface area contributed by atoms with E-state index in [4.69, 9.17) is 5.84 Å². The summed E-state index contributed by atoms with van der Waals surface area (Å²) in [6, 6.07) is 3.06. The number of aromatic nitrogens is 1. The van der Waals surface area contributed by atoms with E-state index in [1.807, 2.05) is 14.1 Å². The van der Waals surface area contributed by atoms with Crippen molar-refractivity contribution in [1.29, 1.82) is 0 Å². The van der Waals surface area contributed by atoms with Crippen LogP contribution in [0.4, 0.5) is 5.82 Å². The molecule has 0 radical (unpaired) electrons. The molecule has 0 aliphatic heterocycles. The van der Waals surface area contributed by atoms with Crippen molar-refractivity contribution in [3.63, 3.8) is 0 Å². The lowest BCUT2D eigenvalue weighted by molar-refractivity contribution is 0.0455. The Morgan fingerprint density at radius 1 is 1.33 bits per heavy atom. The van der Waals surface area contributed by atoms with Crippen molar-refractivity contribution in [3.8, 4) is 0 Å². The van der Waals surface area contributed by atoms with Gasteiger partial charge in [-0.05, 0) is 45.5 Å². The Bertz CT molecular complexity index is 581. The van der Waals surface area contributed by atoms with Gasteiger partial charge in [-0.25, -0.2) is 19.2 Å². The van der Waals surface area contributed by atoms with Crippen molar-refractivity contribution in [2.45, 2.75) is 29.7 Å². The summed E-state index contributed by atoms with van der Waals surface area (Å²) >= 11 is 0. The number of hydrazine groups is 1. The van der Waals surface area contributed by atoms with E-state index in [0.29, 0.717) is 12.4 Å². The number of hydrogen-bond acceptors (Lipinski definition) is 6. The van der Waals surface area contributed by atoms with Crippen molar-refractivity contribution in [2.24, 2.45) is 5.84 Å². The van der Waals surface area contributed by atoms with Gasteiger partial charge in [0.15, 0.2) is 0 Å². The Morgan fingerprint density at radius 2 is 2.00 bits per heavy atom. The van der Waals surface area contributed by atoms with Crippen LogP contribution >= 0.6 is 0 Å². The van der Waals surface area contributed by atoms with Crippen LogP contribution in [0.25, 0.3) is 0 Å². The average molecular weight is 313 g/mol. The van der Waals surface area contributed by atoms with Gasteiger partial charge >= 0.3 is 0 Å². The van der Waals surface area contributed by atoms with Gasteiger partial charge in [-0.15, -0.1) is 0 Å². The number of sulfonamides is 1. The van der Waals surface area contributed by atoms with Crippen LogP contribution in [0.1, 0.15) is 19.3 Å². The lowest BCUT2D eigenvalue weighted by Gasteiger charge is -2.48. The Hall–Kier alpha value is -1.22. The fourth-order valence-corrected chi connectivity index (χ4v) is 3.83. The monoisotopic (exact) mass is 313 g/mol. The van der Waals surface area contributed by atoms with Crippen LogP contribution in [-0.2, 0) is 10.0 Å². The Labute approximate surface area is 126 Å². The van der Waals surface area contributed by atoms with E-state index in [1.54, 1.807) is 13.1 Å². The number of nitrogens with zero attached hydrogens (tertiary/aromatic N) is 3. The molecule has 2 rings (SSSR count). The molecule has 0 spiro atoms. The minimum absolute atomic E-state index is 0.0476. The van der Waals surface area contributed by atoms with Crippen molar-refractivity contribution in [1.82, 2.24) is 14.2 Å². The summed E-state index contributed by atoms with van der Waals surface area (Å²) in [5.74, 6) is 5.66. The Morgan fingerprint density at radius 3 is 2.38 bits per heavy atom. The molecule has 21 heavy (non-hydrogen) atoms. The van der Waals surface area contributed by atoms with Gasteiger partial charge in [0.1, 0.15) is 10.7 Å². The van der Waals surface area contributed by atoms with E-state index in [1.165, 1.54) is 16.6 Å². The van der Waals surface area contributed by atoms with E-state index in [2.05, 4.69) is 15.3 Å². The van der Waals surface area contributed by atoms with Gasteiger partial charge < -0.3 is 10.3 Å². The number of nitrogens with one attached hydrogen (secondary N) is 1. The number of nitrogens with two attached hydrogens (primary N) is 1. The lowest BCUT2D eigenvalue weighted by Crippen LogP contribution is -2.57. The van der Waals surface area contributed by atoms with Gasteiger partial charge in [0.05, 0.1) is 0 Å². The van der Waals surface area contributed by atoms with Crippen LogP contribution in [0.2, 0.25) is 0 Å². The predicted octanol–water partition coefficient (Wildman–Crippen LogP) is 0.472. The topological polar surface area (TPSA) is 91.6 Å². The van der Waals surface area contributed by atoms with Crippen LogP contribution in [0.3, 0.4) is 0 Å². The molecular weight excluding hydrogens is 290 g/mol. The molecule has 1 heterocycles. The lowest BCUT2D eigenvalue weighted by atomic mass is 9.75. The third-order valence-corrected chi connectivity index (χ3v) is 6.13. The number of likely N-dealkylation sites (N-methyl/N-ethyl adjacent to an activating group) is 2. The molecule has 0 amide bonds. The maximum absolute atomic E-state index is 12.6. The smallest absolute Gasteiger partial charge is 0.244 e. The van der Waals surface area contributed by atoms with E-state index in [-0.39, 0.29) is 10.4 Å². The highest BCUT2D eigenvalue weighted by molar-refractivity contribution is 7.89. The van der Waals surface area contributed by atoms with Crippen molar-refractivity contribution in [2.75, 3.05) is 33.1 Å². The molecule has 0 aromatic carbocycles. The molecular formula is C13H23N5O2S. The first-order valence-electron chi connectivity index (χ1n) is 6.88. The largest absolute Gasteiger partial charge is 0.308 e. The molecule has 1 aliphatic rings. The second-order valence-electron chi connectivity index (χ2n) is 5.76. The Balaban J connectivity index is 2.18. The molecule has 118 valence electrons. The third kappa shape index (κ3) is 3.03. The Kier molecular flexibility index (Phi) is 4.52. The normalized spacial score (nSPS) is 17.8. The molecule has 1 aromatic heterocycles. The van der Waals surface area contributed by atoms with E-state index in [0.717, 1.165) is 19.3 Å². The minimum Gasteiger partial charge on any atom is -0.308 e. The summed E-state index contributed by atoms with van der Waals surface area (Å²) in [6.45, 7) is 0.485. The molecule has 7 nitrogen and oxygen atoms in total. The zero-order valence-electron chi connectivity index (χ0n) is 12.7. The maximum Gasteiger partial charge on any atom is 0.244 e. The van der Waals surface area contributed by atoms with Gasteiger partial charge in [-0.2, -0.15) is 4.31 Å². The number of nitrogen functional groups attached to an aromatic ring is 1. The molecule has 0 atom stereocenters. The van der Waals surface area contributed by atoms with Crippen LogP contribution in [0.15, 0.2) is 23.2 Å². The quantitative estimate of drug-likeness (QED) is 0.586. The highest BCUT2D eigenvalue weighted by Crippen LogP contribution is 2.37. The summed E-state index contributed by atoms with van der Waals surface area (Å²) in [4.78, 5) is 6.26. The number of anilines is 1. The number of rotatable bonds is 6. The fraction of sp³-hybridized carbons (Fsp3) is 0.615. The van der Waals surface area contributed by atoms with Crippen molar-refractivity contribution >= 4 is 15.8 Å². The number of hydrogen-bond donors (Lipinski definition) is 2. The highest BCUT2D eigenvalue weighted by Gasteiger charge is 2.42. The zero-order chi connectivity index (χ0) is 15.7. The van der Waals surface area contributed by atoms with E-state index < -0.39 is 10.0 Å². The molecule has 8 heteroatoms. The summed E-state index contributed by atoms with van der Waals surface area (Å²) in [6.07, 6.45) is 4.51. The van der Waals surface area contributed by atoms with Crippen molar-refractivity contribution < 1.29 is 8.42 Å². The first-order valence-corrected chi connectivity index (χ1v) is 8.32. The maximum atomic E-state index is 12.6. The second-order valence-corrected chi connectivity index (χ2v) is 7.80. The van der Waals surface area contributed by atoms with Crippen LogP contribution in [0, 0.1) is 0 Å². The molecule has 1 aliphatic carbocycles. The number of pyridine rings is 1. The first-order chi connectivity index (χ1) is 9.82. The second kappa shape index (κ2) is 5.88. The van der Waals surface area contributed by atoms with Gasteiger partial charge in [-0.1, -0.05) is 0 Å². The van der Waals surface area contributed by atoms with E-state index >= 15 is 0 Å². The fourth-order valence-electron chi connectivity index (χ4n) is 2.63. The minimum atomic E-state index is -3.53. The standard InChI is InChI=1S/C13H23N5O2S/c1-17(2)13(7-4-8-13)10-18(3)21(19,20)11-5-6-12(16-14)15-9-11/h5-6,9H,4,7-8,10,14H2,1-3H3,(H,15,16). The summed E-state index contributed by atoms with van der Waals surface area (Å²) in [5, 5.41) is 0. The van der Waals surface area contributed by atoms with Crippen molar-refractivity contribution in [3.05, 3.63) is 18.3 Å². The predicted molar refractivity (Wildman–Crippen MR) is 82.1 cm³/mol. The average Bonchev–Trinajstić information content (AvgIpc) is 2.42. The first kappa shape index (κ1) is 16.2. The van der Waals surface area contributed by atoms with Crippen LogP contribution in [0.5, 0.6) is 0 Å². The van der Waals surface area contributed by atoms with Gasteiger partial charge in [0, 0.05) is 25.3 Å². The third-order valence-electron chi connectivity index (χ3n) is 4.34. The van der Waals surface area contributed by atoms with Crippen LogP contribution < -0.4 is 11.3 Å². The van der Waals surface area contributed by atoms with Gasteiger partial charge in [-0.3, -0.25) is 0 Å². The van der Waals surface area contributed by atoms with Gasteiger partial charge in [0.2, 0.25) is 10.0 Å². The van der Waals surface area contributed by atoms with E-state index in [9.17, 15) is 8.42 Å². The summed E-state index contributed by atoms with van der Waals surface area (Å²) in [5.41, 5.74) is 2.33. The molecule has 1 saturated carbocycles. The zero-order valence-corrected chi connectivity index (χ0v) is 13.5. The molecule has 1 fully saturated rings. The molecule has 0 bridgehead atoms. The summed E-state index contributed by atoms with van der Waals surface area (Å²) in [7, 11) is 2.09. The summed E-state index contributed by atoms with van der Waals surface area (Å²) < 4.78 is 26.6.